The van der Waals surface area contributed by atoms with Gasteiger partial charge in [-0.05, 0) is 80.9 Å². The summed E-state index contributed by atoms with van der Waals surface area (Å²) in [4.78, 5) is 84.0. The molecule has 0 spiro atoms. The molecular formula is C46H43ClN5O13P. The Kier molecular flexibility index (Phi) is 15.4. The molecule has 5 atom stereocenters. The van der Waals surface area contributed by atoms with E-state index in [2.05, 4.69) is 15.0 Å². The zero-order valence-electron chi connectivity index (χ0n) is 35.7. The number of hydrogen-bond donors (Lipinski definition) is 0. The minimum atomic E-state index is -4.37. The van der Waals surface area contributed by atoms with Crippen molar-refractivity contribution in [3.8, 4) is 0 Å². The number of esters is 3. The number of aromatic nitrogens is 4. The monoisotopic (exact) mass is 939 g/mol. The minimum absolute atomic E-state index is 0.112. The van der Waals surface area contributed by atoms with Crippen LogP contribution in [0, 0.1) is 0 Å². The average Bonchev–Trinajstić information content (AvgIpc) is 3.90. The molecule has 3 heterocycles. The highest BCUT2D eigenvalue weighted by Gasteiger charge is 2.53. The van der Waals surface area contributed by atoms with Gasteiger partial charge in [-0.3, -0.25) is 18.7 Å². The van der Waals surface area contributed by atoms with Gasteiger partial charge in [-0.1, -0.05) is 72.8 Å². The molecule has 0 aliphatic carbocycles. The summed E-state index contributed by atoms with van der Waals surface area (Å²) in [6.07, 6.45) is -4.80. The molecule has 20 heteroatoms. The number of nitrogens with zero attached hydrogens (tertiary/aromatic N) is 5. The largest absolute Gasteiger partial charge is 0.464 e. The number of amides is 2. The lowest BCUT2D eigenvalue weighted by molar-refractivity contribution is -0.155. The third-order valence-electron chi connectivity index (χ3n) is 9.91. The first-order valence-electron chi connectivity index (χ1n) is 20.7. The lowest BCUT2D eigenvalue weighted by atomic mass is 10.1. The molecular weight excluding hydrogens is 897 g/mol. The molecule has 1 aliphatic heterocycles. The van der Waals surface area contributed by atoms with E-state index < -0.39 is 79.6 Å². The van der Waals surface area contributed by atoms with Crippen LogP contribution in [0.3, 0.4) is 0 Å². The van der Waals surface area contributed by atoms with Crippen molar-refractivity contribution in [3.05, 3.63) is 155 Å². The first-order chi connectivity index (χ1) is 32.0. The third kappa shape index (κ3) is 10.4. The van der Waals surface area contributed by atoms with E-state index in [0.717, 1.165) is 4.90 Å². The number of carbonyl (C=O) groups is 5. The normalized spacial score (nSPS) is 17.5. The number of fused-ring (bicyclic) bond motifs is 1. The molecule has 18 nitrogen and oxygen atoms in total. The van der Waals surface area contributed by atoms with Crippen molar-refractivity contribution in [2.45, 2.75) is 51.2 Å². The van der Waals surface area contributed by atoms with E-state index in [4.69, 9.17) is 44.3 Å². The second-order valence-corrected chi connectivity index (χ2v) is 16.6. The number of ether oxygens (including phenoxy) is 5. The van der Waals surface area contributed by atoms with E-state index >= 15 is 0 Å². The molecule has 0 N–H and O–H groups in total. The van der Waals surface area contributed by atoms with Gasteiger partial charge in [0.2, 0.25) is 5.28 Å². The Morgan fingerprint density at radius 1 is 0.697 bits per heavy atom. The van der Waals surface area contributed by atoms with E-state index in [1.165, 1.54) is 59.4 Å². The van der Waals surface area contributed by atoms with Crippen LogP contribution in [0.4, 0.5) is 5.82 Å². The molecule has 342 valence electrons. The Hall–Kier alpha value is -6.66. The fourth-order valence-corrected chi connectivity index (χ4v) is 8.84. The van der Waals surface area contributed by atoms with Crippen molar-refractivity contribution >= 4 is 65.9 Å². The van der Waals surface area contributed by atoms with E-state index in [9.17, 15) is 28.5 Å². The summed E-state index contributed by atoms with van der Waals surface area (Å²) in [7, 11) is -4.37. The number of hydrogen-bond acceptors (Lipinski definition) is 16. The number of imide groups is 1. The molecule has 66 heavy (non-hydrogen) atoms. The maximum atomic E-state index is 14.3. The van der Waals surface area contributed by atoms with Crippen LogP contribution in [0.15, 0.2) is 128 Å². The molecule has 0 saturated carbocycles. The van der Waals surface area contributed by atoms with Crippen LogP contribution < -0.4 is 4.90 Å². The lowest BCUT2D eigenvalue weighted by Crippen LogP contribution is -2.42. The second kappa shape index (κ2) is 21.6. The van der Waals surface area contributed by atoms with Crippen LogP contribution in [-0.4, -0.2) is 99.8 Å². The highest BCUT2D eigenvalue weighted by molar-refractivity contribution is 7.55. The quantitative estimate of drug-likeness (QED) is 0.0268. The molecule has 1 saturated heterocycles. The van der Waals surface area contributed by atoms with Gasteiger partial charge in [-0.2, -0.15) is 9.97 Å². The van der Waals surface area contributed by atoms with Gasteiger partial charge < -0.3 is 32.7 Å². The van der Waals surface area contributed by atoms with Crippen molar-refractivity contribution in [3.63, 3.8) is 0 Å². The number of carbonyl (C=O) groups excluding carboxylic acids is 5. The SMILES string of the molecule is CCOC(=O)C(OC[C@H]1O[C@@H](n2cnc3c(N(C(=O)c4ccccc4)C(=O)c4ccccc4)nc(Cl)nc32)[C@H](OC(=O)c2ccccc2)[C@@H]1OC(=O)c1ccccc1)P(=O)(OCC)OCC. The Labute approximate surface area is 383 Å². The van der Waals surface area contributed by atoms with E-state index in [-0.39, 0.29) is 59.1 Å². The Bertz CT molecular complexity index is 2650. The fraction of sp³-hybridized carbons (Fsp3) is 0.261. The summed E-state index contributed by atoms with van der Waals surface area (Å²) in [6, 6.07) is 32.0. The molecule has 7 rings (SSSR count). The van der Waals surface area contributed by atoms with Crippen molar-refractivity contribution < 1.29 is 61.3 Å². The summed E-state index contributed by atoms with van der Waals surface area (Å²) in [5, 5.41) is -0.423. The van der Waals surface area contributed by atoms with Crippen LogP contribution in [0.2, 0.25) is 5.28 Å². The minimum Gasteiger partial charge on any atom is -0.464 e. The number of anilines is 1. The van der Waals surface area contributed by atoms with Gasteiger partial charge in [0.15, 0.2) is 35.4 Å². The average molecular weight is 940 g/mol. The van der Waals surface area contributed by atoms with Gasteiger partial charge in [0.1, 0.15) is 6.10 Å². The fourth-order valence-electron chi connectivity index (χ4n) is 7.01. The van der Waals surface area contributed by atoms with Gasteiger partial charge in [-0.15, -0.1) is 0 Å². The van der Waals surface area contributed by atoms with Crippen molar-refractivity contribution in [1.29, 1.82) is 0 Å². The summed E-state index contributed by atoms with van der Waals surface area (Å²) >= 11 is 6.61. The summed E-state index contributed by atoms with van der Waals surface area (Å²) < 4.78 is 56.4. The van der Waals surface area contributed by atoms with Crippen molar-refractivity contribution in [1.82, 2.24) is 19.5 Å². The second-order valence-electron chi connectivity index (χ2n) is 14.2. The Morgan fingerprint density at radius 2 is 1.18 bits per heavy atom. The highest BCUT2D eigenvalue weighted by Crippen LogP contribution is 2.54. The molecule has 4 aromatic carbocycles. The van der Waals surface area contributed by atoms with Crippen LogP contribution in [0.5, 0.6) is 0 Å². The zero-order chi connectivity index (χ0) is 46.8. The molecule has 0 radical (unpaired) electrons. The smallest absolute Gasteiger partial charge is 0.370 e. The van der Waals surface area contributed by atoms with Crippen LogP contribution in [-0.2, 0) is 42.1 Å². The van der Waals surface area contributed by atoms with E-state index in [1.54, 1.807) is 93.6 Å². The molecule has 1 fully saturated rings. The molecule has 1 aliphatic rings. The van der Waals surface area contributed by atoms with Gasteiger partial charge in [0.05, 0.1) is 43.9 Å². The van der Waals surface area contributed by atoms with E-state index in [0.29, 0.717) is 0 Å². The maximum absolute atomic E-state index is 14.3. The van der Waals surface area contributed by atoms with Gasteiger partial charge in [0.25, 0.3) is 17.7 Å². The van der Waals surface area contributed by atoms with Gasteiger partial charge >= 0.3 is 25.5 Å². The molecule has 0 bridgehead atoms. The number of halogens is 1. The Morgan fingerprint density at radius 3 is 1.67 bits per heavy atom. The topological polar surface area (TPSA) is 214 Å². The van der Waals surface area contributed by atoms with Gasteiger partial charge in [-0.25, -0.2) is 24.3 Å². The van der Waals surface area contributed by atoms with Crippen LogP contribution in [0.25, 0.3) is 11.2 Å². The number of imidazole rings is 1. The molecule has 1 unspecified atom stereocenters. The van der Waals surface area contributed by atoms with Crippen LogP contribution in [0.1, 0.15) is 68.4 Å². The van der Waals surface area contributed by atoms with Gasteiger partial charge in [0, 0.05) is 11.1 Å². The molecule has 2 amide bonds. The highest BCUT2D eigenvalue weighted by atomic mass is 35.5. The Balaban J connectivity index is 1.36. The first-order valence-corrected chi connectivity index (χ1v) is 22.7. The maximum Gasteiger partial charge on any atom is 0.370 e. The van der Waals surface area contributed by atoms with Crippen LogP contribution >= 0.6 is 19.2 Å². The lowest BCUT2D eigenvalue weighted by Gasteiger charge is -2.27. The van der Waals surface area contributed by atoms with Crippen molar-refractivity contribution in [2.24, 2.45) is 0 Å². The standard InChI is InChI=1S/C46H43ClN5O13P/c1-4-59-44(57)45(66(58,61-5-2)62-6-3)60-27-33-35(64-42(55)31-23-15-9-16-24-31)36(65-43(56)32-25-17-10-18-26-32)41(63-33)51-28-48-34-37(51)49-46(47)50-38(34)52(39(53)29-19-11-7-12-20-29)40(54)30-21-13-8-14-22-30/h7-26,28,33,35-36,41,45H,4-6,27H2,1-3H3/t33-,35-,36-,41-,45?/m1/s1. The summed E-state index contributed by atoms with van der Waals surface area (Å²) in [5.41, 5.74) is 0.304. The first kappa shape index (κ1) is 47.3. The molecule has 6 aromatic rings. The predicted molar refractivity (Wildman–Crippen MR) is 237 cm³/mol. The number of benzene rings is 4. The van der Waals surface area contributed by atoms with Crippen molar-refractivity contribution in [2.75, 3.05) is 31.3 Å². The zero-order valence-corrected chi connectivity index (χ0v) is 37.4. The summed E-state index contributed by atoms with van der Waals surface area (Å²) in [5.74, 6) is -6.54. The predicted octanol–water partition coefficient (Wildman–Crippen LogP) is 7.49. The third-order valence-corrected chi connectivity index (χ3v) is 12.3. The number of rotatable bonds is 18. The summed E-state index contributed by atoms with van der Waals surface area (Å²) in [6.45, 7) is 3.62. The molecule has 2 aromatic heterocycles. The van der Waals surface area contributed by atoms with E-state index in [1.807, 2.05) is 0 Å².